The number of hydrogen-bond donors (Lipinski definition) is 2. The van der Waals surface area contributed by atoms with Crippen LogP contribution in [0, 0.1) is 0 Å². The van der Waals surface area contributed by atoms with Gasteiger partial charge in [-0.2, -0.15) is 0 Å². The predicted molar refractivity (Wildman–Crippen MR) is 127 cm³/mol. The maximum atomic E-state index is 6.83. The average Bonchev–Trinajstić information content (AvgIpc) is 2.80. The third-order valence-electron chi connectivity index (χ3n) is 5.74. The van der Waals surface area contributed by atoms with Crippen LogP contribution in [0.3, 0.4) is 0 Å². The first-order chi connectivity index (χ1) is 14.6. The molecule has 3 aromatic carbocycles. The smallest absolute Gasteiger partial charge is 0.0724 e. The fraction of sp³-hybridized carbons (Fsp3) is 0.143. The Labute approximate surface area is 179 Å². The zero-order valence-electron chi connectivity index (χ0n) is 17.1. The number of rotatable bonds is 6. The molecule has 3 aromatic rings. The highest BCUT2D eigenvalue weighted by Crippen LogP contribution is 2.31. The quantitative estimate of drug-likeness (QED) is 0.615. The van der Waals surface area contributed by atoms with Crippen LogP contribution in [0.2, 0.25) is 0 Å². The minimum Gasteiger partial charge on any atom is -0.322 e. The van der Waals surface area contributed by atoms with Gasteiger partial charge < -0.3 is 11.5 Å². The lowest BCUT2D eigenvalue weighted by atomic mass is 9.76. The lowest BCUT2D eigenvalue weighted by Gasteiger charge is -2.36. The van der Waals surface area contributed by atoms with Gasteiger partial charge in [-0.15, -0.1) is 0 Å². The second kappa shape index (κ2) is 9.08. The van der Waals surface area contributed by atoms with E-state index < -0.39 is 5.54 Å². The van der Waals surface area contributed by atoms with E-state index in [-0.39, 0.29) is 6.04 Å². The molecule has 2 heteroatoms. The highest BCUT2D eigenvalue weighted by molar-refractivity contribution is 5.55. The fourth-order valence-corrected chi connectivity index (χ4v) is 3.95. The van der Waals surface area contributed by atoms with E-state index in [1.54, 1.807) is 0 Å². The van der Waals surface area contributed by atoms with E-state index in [0.717, 1.165) is 18.4 Å². The lowest BCUT2D eigenvalue weighted by Crippen LogP contribution is -2.55. The summed E-state index contributed by atoms with van der Waals surface area (Å²) in [4.78, 5) is 0. The van der Waals surface area contributed by atoms with E-state index in [2.05, 4.69) is 78.9 Å². The molecule has 4 rings (SSSR count). The van der Waals surface area contributed by atoms with Gasteiger partial charge in [-0.1, -0.05) is 115 Å². The Hall–Kier alpha value is -3.20. The molecule has 0 saturated carbocycles. The maximum absolute atomic E-state index is 6.83. The summed E-state index contributed by atoms with van der Waals surface area (Å²) in [5.74, 6) is 0. The van der Waals surface area contributed by atoms with Crippen molar-refractivity contribution < 1.29 is 0 Å². The van der Waals surface area contributed by atoms with Crippen molar-refractivity contribution in [1.29, 1.82) is 0 Å². The van der Waals surface area contributed by atoms with Gasteiger partial charge in [-0.3, -0.25) is 0 Å². The summed E-state index contributed by atoms with van der Waals surface area (Å²) in [5, 5.41) is 0. The van der Waals surface area contributed by atoms with E-state index in [4.69, 9.17) is 11.5 Å². The van der Waals surface area contributed by atoms with E-state index in [1.807, 2.05) is 36.4 Å². The highest BCUT2D eigenvalue weighted by Gasteiger charge is 2.34. The second-order valence-electron chi connectivity index (χ2n) is 7.93. The zero-order valence-corrected chi connectivity index (χ0v) is 17.1. The molecule has 0 radical (unpaired) electrons. The minimum atomic E-state index is -0.722. The van der Waals surface area contributed by atoms with Crippen molar-refractivity contribution in [2.45, 2.75) is 24.4 Å². The fourth-order valence-electron chi connectivity index (χ4n) is 3.95. The molecule has 2 atom stereocenters. The van der Waals surface area contributed by atoms with Crippen LogP contribution in [0.25, 0.3) is 6.08 Å². The third-order valence-corrected chi connectivity index (χ3v) is 5.74. The largest absolute Gasteiger partial charge is 0.322 e. The van der Waals surface area contributed by atoms with Crippen molar-refractivity contribution in [3.63, 3.8) is 0 Å². The summed E-state index contributed by atoms with van der Waals surface area (Å²) in [6.45, 7) is 0. The molecular weight excluding hydrogens is 364 g/mol. The number of allylic oxidation sites excluding steroid dienone is 2. The third kappa shape index (κ3) is 4.68. The highest BCUT2D eigenvalue weighted by atomic mass is 14.8. The Balaban J connectivity index is 1.67. The van der Waals surface area contributed by atoms with Gasteiger partial charge in [-0.05, 0) is 40.7 Å². The molecule has 0 aromatic heterocycles. The van der Waals surface area contributed by atoms with Gasteiger partial charge in [0.05, 0.1) is 11.6 Å². The summed E-state index contributed by atoms with van der Waals surface area (Å²) in [6, 6.07) is 30.9. The Morgan fingerprint density at radius 1 is 0.733 bits per heavy atom. The molecule has 0 aliphatic heterocycles. The SMILES string of the molecule is NC1C(Cc2ccccc2)=C(Cc2ccccc2)C=CC1(N)C=Cc1ccccc1. The van der Waals surface area contributed by atoms with E-state index in [0.29, 0.717) is 0 Å². The van der Waals surface area contributed by atoms with Crippen LogP contribution in [0.5, 0.6) is 0 Å². The monoisotopic (exact) mass is 392 g/mol. The van der Waals surface area contributed by atoms with Crippen molar-refractivity contribution in [3.05, 3.63) is 137 Å². The van der Waals surface area contributed by atoms with Crippen LogP contribution in [0.15, 0.2) is 120 Å². The molecule has 0 saturated heterocycles. The van der Waals surface area contributed by atoms with E-state index in [1.165, 1.54) is 22.3 Å². The predicted octanol–water partition coefficient (Wildman–Crippen LogP) is 5.08. The summed E-state index contributed by atoms with van der Waals surface area (Å²) < 4.78 is 0. The molecule has 0 amide bonds. The number of nitrogens with two attached hydrogens (primary N) is 2. The van der Waals surface area contributed by atoms with Gasteiger partial charge in [0.15, 0.2) is 0 Å². The molecule has 0 bridgehead atoms. The molecule has 1 aliphatic carbocycles. The molecule has 0 fully saturated rings. The zero-order chi connectivity index (χ0) is 20.8. The molecule has 4 N–H and O–H groups in total. The Kier molecular flexibility index (Phi) is 6.08. The number of benzene rings is 3. The lowest BCUT2D eigenvalue weighted by molar-refractivity contribution is 0.535. The summed E-state index contributed by atoms with van der Waals surface area (Å²) in [6.07, 6.45) is 9.98. The van der Waals surface area contributed by atoms with Gasteiger partial charge in [0, 0.05) is 0 Å². The van der Waals surface area contributed by atoms with Crippen molar-refractivity contribution in [1.82, 2.24) is 0 Å². The minimum absolute atomic E-state index is 0.290. The molecule has 30 heavy (non-hydrogen) atoms. The Morgan fingerprint density at radius 3 is 1.87 bits per heavy atom. The van der Waals surface area contributed by atoms with Crippen LogP contribution < -0.4 is 11.5 Å². The van der Waals surface area contributed by atoms with E-state index in [9.17, 15) is 0 Å². The van der Waals surface area contributed by atoms with Crippen LogP contribution in [-0.2, 0) is 12.8 Å². The average molecular weight is 393 g/mol. The molecule has 2 nitrogen and oxygen atoms in total. The summed E-state index contributed by atoms with van der Waals surface area (Å²) >= 11 is 0. The van der Waals surface area contributed by atoms with Gasteiger partial charge in [0.25, 0.3) is 0 Å². The molecule has 0 spiro atoms. The van der Waals surface area contributed by atoms with Crippen LogP contribution in [0.4, 0.5) is 0 Å². The molecule has 2 unspecified atom stereocenters. The van der Waals surface area contributed by atoms with Crippen LogP contribution in [0.1, 0.15) is 16.7 Å². The van der Waals surface area contributed by atoms with Gasteiger partial charge in [0.1, 0.15) is 0 Å². The van der Waals surface area contributed by atoms with Crippen LogP contribution >= 0.6 is 0 Å². The van der Waals surface area contributed by atoms with Gasteiger partial charge in [-0.25, -0.2) is 0 Å². The first-order valence-corrected chi connectivity index (χ1v) is 10.4. The molecular formula is C28H28N2. The Morgan fingerprint density at radius 2 is 1.27 bits per heavy atom. The summed E-state index contributed by atoms with van der Waals surface area (Å²) in [5.41, 5.74) is 19.0. The topological polar surface area (TPSA) is 52.0 Å². The van der Waals surface area contributed by atoms with Crippen molar-refractivity contribution >= 4 is 6.08 Å². The molecule has 1 aliphatic rings. The number of hydrogen-bond acceptors (Lipinski definition) is 2. The van der Waals surface area contributed by atoms with Crippen molar-refractivity contribution in [2.24, 2.45) is 11.5 Å². The Bertz CT molecular complexity index is 1050. The van der Waals surface area contributed by atoms with Crippen molar-refractivity contribution in [2.75, 3.05) is 0 Å². The van der Waals surface area contributed by atoms with Crippen molar-refractivity contribution in [3.8, 4) is 0 Å². The van der Waals surface area contributed by atoms with E-state index >= 15 is 0 Å². The molecule has 0 heterocycles. The second-order valence-corrected chi connectivity index (χ2v) is 7.93. The van der Waals surface area contributed by atoms with Gasteiger partial charge >= 0.3 is 0 Å². The van der Waals surface area contributed by atoms with Gasteiger partial charge in [0.2, 0.25) is 0 Å². The maximum Gasteiger partial charge on any atom is 0.0724 e. The van der Waals surface area contributed by atoms with Crippen LogP contribution in [-0.4, -0.2) is 11.6 Å². The first-order valence-electron chi connectivity index (χ1n) is 10.4. The normalized spacial score (nSPS) is 21.3. The molecule has 150 valence electrons. The first kappa shape index (κ1) is 20.1. The summed E-state index contributed by atoms with van der Waals surface area (Å²) in [7, 11) is 0. The standard InChI is InChI=1S/C28H28N2/c29-27-26(21-24-14-8-3-9-15-24)25(20-23-12-6-2-7-13-23)17-19-28(27,30)18-16-22-10-4-1-5-11-22/h1-19,27H,20-21,29-30H2.